The van der Waals surface area contributed by atoms with Crippen LogP contribution in [0, 0.1) is 0 Å². The van der Waals surface area contributed by atoms with Crippen molar-refractivity contribution < 1.29 is 13.2 Å². The summed E-state index contributed by atoms with van der Waals surface area (Å²) >= 11 is 1.85. The van der Waals surface area contributed by atoms with Gasteiger partial charge in [0.2, 0.25) is 15.9 Å². The van der Waals surface area contributed by atoms with Crippen LogP contribution in [0.15, 0.2) is 24.3 Å². The lowest BCUT2D eigenvalue weighted by Crippen LogP contribution is -2.39. The van der Waals surface area contributed by atoms with E-state index in [1.54, 1.807) is 24.3 Å². The zero-order valence-corrected chi connectivity index (χ0v) is 14.8. The number of nitrogens with one attached hydrogen (secondary N) is 3. The number of hydrogen-bond acceptors (Lipinski definition) is 5. The number of benzene rings is 1. The van der Waals surface area contributed by atoms with E-state index in [0.717, 1.165) is 18.1 Å². The van der Waals surface area contributed by atoms with Crippen LogP contribution >= 0.6 is 11.8 Å². The average Bonchev–Trinajstić information content (AvgIpc) is 2.47. The van der Waals surface area contributed by atoms with E-state index in [1.807, 2.05) is 18.7 Å². The number of carbonyl (C=O) groups is 1. The first kappa shape index (κ1) is 18.1. The molecular formula is C15H23N3O3S2. The normalized spacial score (nSPS) is 18.4. The standard InChI is InChI=1S/C15H23N3O3S2/c1-2-8-23(20,21)18-13-5-3-4-12(9-13)17-15(19)10-14-11-22-7-6-16-14/h3-5,9,14,16,18H,2,6-8,10-11H2,1H3,(H,17,19). The molecule has 0 spiro atoms. The van der Waals surface area contributed by atoms with Gasteiger partial charge in [-0.05, 0) is 24.6 Å². The molecule has 1 aliphatic heterocycles. The summed E-state index contributed by atoms with van der Waals surface area (Å²) in [5, 5.41) is 6.14. The van der Waals surface area contributed by atoms with Gasteiger partial charge in [-0.3, -0.25) is 9.52 Å². The van der Waals surface area contributed by atoms with E-state index in [-0.39, 0.29) is 17.7 Å². The maximum Gasteiger partial charge on any atom is 0.232 e. The molecule has 1 unspecified atom stereocenters. The summed E-state index contributed by atoms with van der Waals surface area (Å²) in [5.41, 5.74) is 1.05. The topological polar surface area (TPSA) is 87.3 Å². The minimum Gasteiger partial charge on any atom is -0.326 e. The third-order valence-electron chi connectivity index (χ3n) is 3.32. The third-order valence-corrected chi connectivity index (χ3v) is 5.95. The lowest BCUT2D eigenvalue weighted by atomic mass is 10.2. The first-order valence-corrected chi connectivity index (χ1v) is 10.5. The lowest BCUT2D eigenvalue weighted by Gasteiger charge is -2.22. The van der Waals surface area contributed by atoms with Gasteiger partial charge < -0.3 is 10.6 Å². The van der Waals surface area contributed by atoms with Crippen molar-refractivity contribution in [2.45, 2.75) is 25.8 Å². The Balaban J connectivity index is 1.92. The number of amides is 1. The number of carbonyl (C=O) groups excluding carboxylic acids is 1. The highest BCUT2D eigenvalue weighted by atomic mass is 32.2. The predicted octanol–water partition coefficient (Wildman–Crippen LogP) is 1.87. The van der Waals surface area contributed by atoms with Gasteiger partial charge in [-0.15, -0.1) is 0 Å². The van der Waals surface area contributed by atoms with Crippen molar-refractivity contribution in [1.82, 2.24) is 5.32 Å². The molecule has 3 N–H and O–H groups in total. The van der Waals surface area contributed by atoms with Crippen LogP contribution < -0.4 is 15.4 Å². The number of anilines is 2. The van der Waals surface area contributed by atoms with E-state index >= 15 is 0 Å². The van der Waals surface area contributed by atoms with Crippen molar-refractivity contribution in [2.24, 2.45) is 0 Å². The molecule has 1 heterocycles. The van der Waals surface area contributed by atoms with Crippen molar-refractivity contribution in [3.05, 3.63) is 24.3 Å². The van der Waals surface area contributed by atoms with Crippen molar-refractivity contribution in [2.75, 3.05) is 33.8 Å². The zero-order chi connectivity index (χ0) is 16.7. The number of thioether (sulfide) groups is 1. The zero-order valence-electron chi connectivity index (χ0n) is 13.2. The Morgan fingerprint density at radius 1 is 1.39 bits per heavy atom. The third kappa shape index (κ3) is 6.40. The Bertz CT molecular complexity index is 629. The van der Waals surface area contributed by atoms with Gasteiger partial charge in [-0.1, -0.05) is 13.0 Å². The van der Waals surface area contributed by atoms with Crippen molar-refractivity contribution >= 4 is 39.1 Å². The first-order valence-electron chi connectivity index (χ1n) is 7.70. The lowest BCUT2D eigenvalue weighted by molar-refractivity contribution is -0.116. The van der Waals surface area contributed by atoms with Crippen molar-refractivity contribution in [3.63, 3.8) is 0 Å². The molecule has 1 fully saturated rings. The molecule has 6 nitrogen and oxygen atoms in total. The summed E-state index contributed by atoms with van der Waals surface area (Å²) in [7, 11) is -3.33. The van der Waals surface area contributed by atoms with Crippen molar-refractivity contribution in [1.29, 1.82) is 0 Å². The highest BCUT2D eigenvalue weighted by molar-refractivity contribution is 7.99. The summed E-state index contributed by atoms with van der Waals surface area (Å²) in [6.07, 6.45) is 0.969. The molecule has 0 aliphatic carbocycles. The average molecular weight is 358 g/mol. The molecule has 1 saturated heterocycles. The van der Waals surface area contributed by atoms with Gasteiger partial charge in [0.15, 0.2) is 0 Å². The Hall–Kier alpha value is -1.25. The highest BCUT2D eigenvalue weighted by Crippen LogP contribution is 2.18. The molecule has 1 atom stereocenters. The monoisotopic (exact) mass is 357 g/mol. The number of rotatable bonds is 7. The molecule has 23 heavy (non-hydrogen) atoms. The predicted molar refractivity (Wildman–Crippen MR) is 96.5 cm³/mol. The van der Waals surface area contributed by atoms with E-state index in [4.69, 9.17) is 0 Å². The van der Waals surface area contributed by atoms with Crippen molar-refractivity contribution in [3.8, 4) is 0 Å². The molecule has 1 aromatic carbocycles. The highest BCUT2D eigenvalue weighted by Gasteiger charge is 2.17. The van der Waals surface area contributed by atoms with Crippen LogP contribution in [0.3, 0.4) is 0 Å². The van der Waals surface area contributed by atoms with Gasteiger partial charge in [0.25, 0.3) is 0 Å². The van der Waals surface area contributed by atoms with Gasteiger partial charge >= 0.3 is 0 Å². The summed E-state index contributed by atoms with van der Waals surface area (Å²) < 4.78 is 26.1. The second kappa shape index (κ2) is 8.56. The summed E-state index contributed by atoms with van der Waals surface area (Å²) in [6.45, 7) is 2.74. The molecule has 0 bridgehead atoms. The smallest absolute Gasteiger partial charge is 0.232 e. The van der Waals surface area contributed by atoms with E-state index in [2.05, 4.69) is 15.4 Å². The first-order chi connectivity index (χ1) is 11.0. The minimum absolute atomic E-state index is 0.0708. The Morgan fingerprint density at radius 3 is 2.87 bits per heavy atom. The molecule has 2 rings (SSSR count). The van der Waals surface area contributed by atoms with Crippen LogP contribution in [0.2, 0.25) is 0 Å². The van der Waals surface area contributed by atoms with Gasteiger partial charge in [0.1, 0.15) is 0 Å². The summed E-state index contributed by atoms with van der Waals surface area (Å²) in [4.78, 5) is 12.1. The van der Waals surface area contributed by atoms with Gasteiger partial charge in [-0.2, -0.15) is 11.8 Å². The van der Waals surface area contributed by atoms with Gasteiger partial charge in [-0.25, -0.2) is 8.42 Å². The fourth-order valence-corrected chi connectivity index (χ4v) is 4.42. The summed E-state index contributed by atoms with van der Waals surface area (Å²) in [6, 6.07) is 6.96. The molecule has 0 aromatic heterocycles. The fourth-order valence-electron chi connectivity index (χ4n) is 2.35. The largest absolute Gasteiger partial charge is 0.326 e. The van der Waals surface area contributed by atoms with Crippen LogP contribution in [-0.2, 0) is 14.8 Å². The molecule has 0 radical (unpaired) electrons. The minimum atomic E-state index is -3.33. The van der Waals surface area contributed by atoms with Crippen LogP contribution in [0.1, 0.15) is 19.8 Å². The van der Waals surface area contributed by atoms with Crippen LogP contribution in [0.25, 0.3) is 0 Å². The SMILES string of the molecule is CCCS(=O)(=O)Nc1cccc(NC(=O)CC2CSCCN2)c1. The number of hydrogen-bond donors (Lipinski definition) is 3. The van der Waals surface area contributed by atoms with E-state index in [1.165, 1.54) is 0 Å². The second-order valence-electron chi connectivity index (χ2n) is 5.48. The Morgan fingerprint density at radius 2 is 2.17 bits per heavy atom. The van der Waals surface area contributed by atoms with E-state index < -0.39 is 10.0 Å². The van der Waals surface area contributed by atoms with Gasteiger partial charge in [0.05, 0.1) is 11.4 Å². The fraction of sp³-hybridized carbons (Fsp3) is 0.533. The quantitative estimate of drug-likeness (QED) is 0.693. The number of sulfonamides is 1. The molecular weight excluding hydrogens is 334 g/mol. The maximum absolute atomic E-state index is 12.1. The summed E-state index contributed by atoms with van der Waals surface area (Å²) in [5.74, 6) is 2.02. The second-order valence-corrected chi connectivity index (χ2v) is 8.47. The molecule has 0 saturated carbocycles. The van der Waals surface area contributed by atoms with Crippen LogP contribution in [0.4, 0.5) is 11.4 Å². The molecule has 1 aromatic rings. The van der Waals surface area contributed by atoms with E-state index in [0.29, 0.717) is 24.2 Å². The molecule has 1 aliphatic rings. The molecule has 1 amide bonds. The van der Waals surface area contributed by atoms with Gasteiger partial charge in [0, 0.05) is 36.2 Å². The van der Waals surface area contributed by atoms with Crippen LogP contribution in [0.5, 0.6) is 0 Å². The van der Waals surface area contributed by atoms with Crippen LogP contribution in [-0.4, -0.2) is 44.2 Å². The Labute approximate surface area is 141 Å². The Kier molecular flexibility index (Phi) is 6.73. The molecule has 8 heteroatoms. The molecule has 128 valence electrons. The maximum atomic E-state index is 12.1. The van der Waals surface area contributed by atoms with E-state index in [9.17, 15) is 13.2 Å².